The molecule has 0 radical (unpaired) electrons. The molecule has 0 aliphatic carbocycles. The van der Waals surface area contributed by atoms with Crippen molar-refractivity contribution in [1.82, 2.24) is 9.97 Å². The van der Waals surface area contributed by atoms with Gasteiger partial charge in [0.15, 0.2) is 0 Å². The fourth-order valence-corrected chi connectivity index (χ4v) is 2.67. The van der Waals surface area contributed by atoms with E-state index < -0.39 is 11.7 Å². The second-order valence-corrected chi connectivity index (χ2v) is 6.93. The average molecular weight is 416 g/mol. The summed E-state index contributed by atoms with van der Waals surface area (Å²) in [5, 5.41) is 5.68. The van der Waals surface area contributed by atoms with Crippen LogP contribution in [0.5, 0.6) is 5.75 Å². The van der Waals surface area contributed by atoms with Gasteiger partial charge in [-0.05, 0) is 62.2 Å². The van der Waals surface area contributed by atoms with Gasteiger partial charge in [-0.3, -0.25) is 0 Å². The molecule has 0 saturated heterocycles. The zero-order valence-electron chi connectivity index (χ0n) is 16.9. The molecule has 1 heterocycles. The van der Waals surface area contributed by atoms with Crippen LogP contribution in [-0.2, 0) is 6.18 Å². The van der Waals surface area contributed by atoms with Gasteiger partial charge >= 0.3 is 6.18 Å². The molecule has 5 nitrogen and oxygen atoms in total. The van der Waals surface area contributed by atoms with Crippen molar-refractivity contribution in [3.63, 3.8) is 0 Å². The summed E-state index contributed by atoms with van der Waals surface area (Å²) in [5.74, 6) is 0.381. The van der Waals surface area contributed by atoms with E-state index in [9.17, 15) is 13.2 Å². The summed E-state index contributed by atoms with van der Waals surface area (Å²) in [6.45, 7) is 5.88. The van der Waals surface area contributed by atoms with Crippen LogP contribution < -0.4 is 15.4 Å². The summed E-state index contributed by atoms with van der Waals surface area (Å²) in [6, 6.07) is 14.1. The van der Waals surface area contributed by atoms with E-state index in [-0.39, 0.29) is 17.9 Å². The van der Waals surface area contributed by atoms with Crippen molar-refractivity contribution in [2.75, 3.05) is 10.6 Å². The zero-order chi connectivity index (χ0) is 21.7. The molecule has 0 fully saturated rings. The first-order chi connectivity index (χ1) is 14.2. The first-order valence-electron chi connectivity index (χ1n) is 9.56. The minimum Gasteiger partial charge on any atom is -0.491 e. The van der Waals surface area contributed by atoms with Crippen LogP contribution in [0.2, 0.25) is 0 Å². The van der Waals surface area contributed by atoms with E-state index in [0.717, 1.165) is 18.2 Å². The number of nitrogens with zero attached hydrogens (tertiary/aromatic N) is 2. The van der Waals surface area contributed by atoms with Crippen molar-refractivity contribution in [2.45, 2.75) is 39.5 Å². The number of anilines is 4. The van der Waals surface area contributed by atoms with Gasteiger partial charge in [0.25, 0.3) is 0 Å². The van der Waals surface area contributed by atoms with Crippen molar-refractivity contribution in [3.05, 3.63) is 65.9 Å². The zero-order valence-corrected chi connectivity index (χ0v) is 16.9. The smallest absolute Gasteiger partial charge is 0.421 e. The molecule has 0 bridgehead atoms. The molecule has 2 N–H and O–H groups in total. The van der Waals surface area contributed by atoms with Gasteiger partial charge in [0.1, 0.15) is 17.1 Å². The lowest BCUT2D eigenvalue weighted by Crippen LogP contribution is -2.13. The Bertz CT molecular complexity index is 990. The molecule has 158 valence electrons. The summed E-state index contributed by atoms with van der Waals surface area (Å²) in [5.41, 5.74) is 1.20. The quantitative estimate of drug-likeness (QED) is 0.462. The highest BCUT2D eigenvalue weighted by atomic mass is 19.4. The van der Waals surface area contributed by atoms with Crippen LogP contribution in [0.4, 0.5) is 36.3 Å². The minimum absolute atomic E-state index is 0.0535. The lowest BCUT2D eigenvalue weighted by molar-refractivity contribution is -0.137. The summed E-state index contributed by atoms with van der Waals surface area (Å²) < 4.78 is 46.0. The second kappa shape index (κ2) is 9.02. The molecule has 30 heavy (non-hydrogen) atoms. The third-order valence-electron chi connectivity index (χ3n) is 4.40. The molecule has 1 unspecified atom stereocenters. The van der Waals surface area contributed by atoms with Gasteiger partial charge in [0, 0.05) is 17.6 Å². The Morgan fingerprint density at radius 1 is 1.03 bits per heavy atom. The molecular formula is C22H23F3N4O. The number of aryl methyl sites for hydroxylation is 1. The molecule has 0 aliphatic rings. The Balaban J connectivity index is 1.85. The van der Waals surface area contributed by atoms with Crippen LogP contribution in [0, 0.1) is 6.92 Å². The fourth-order valence-electron chi connectivity index (χ4n) is 2.67. The van der Waals surface area contributed by atoms with Crippen molar-refractivity contribution >= 4 is 23.1 Å². The lowest BCUT2D eigenvalue weighted by atomic mass is 10.2. The molecule has 1 atom stereocenters. The van der Waals surface area contributed by atoms with E-state index in [0.29, 0.717) is 17.1 Å². The predicted molar refractivity (Wildman–Crippen MR) is 112 cm³/mol. The van der Waals surface area contributed by atoms with Crippen LogP contribution in [-0.4, -0.2) is 16.1 Å². The highest BCUT2D eigenvalue weighted by Gasteiger charge is 2.35. The first-order valence-corrected chi connectivity index (χ1v) is 9.56. The molecule has 3 aromatic rings. The highest BCUT2D eigenvalue weighted by molar-refractivity contribution is 5.63. The van der Waals surface area contributed by atoms with Crippen molar-refractivity contribution < 1.29 is 17.9 Å². The minimum atomic E-state index is -4.59. The maximum Gasteiger partial charge on any atom is 0.421 e. The largest absolute Gasteiger partial charge is 0.491 e. The number of hydrogen-bond donors (Lipinski definition) is 2. The van der Waals surface area contributed by atoms with Crippen molar-refractivity contribution in [1.29, 1.82) is 0 Å². The predicted octanol–water partition coefficient (Wildman–Crippen LogP) is 6.47. The molecule has 0 saturated carbocycles. The topological polar surface area (TPSA) is 59.1 Å². The maximum absolute atomic E-state index is 13.4. The van der Waals surface area contributed by atoms with E-state index in [2.05, 4.69) is 20.6 Å². The number of hydrogen-bond acceptors (Lipinski definition) is 5. The molecule has 3 rings (SSSR count). The number of halogens is 3. The summed E-state index contributed by atoms with van der Waals surface area (Å²) >= 11 is 0. The van der Waals surface area contributed by atoms with Crippen LogP contribution in [0.1, 0.15) is 31.4 Å². The third-order valence-corrected chi connectivity index (χ3v) is 4.40. The normalized spacial score (nSPS) is 12.3. The van der Waals surface area contributed by atoms with Gasteiger partial charge in [0.2, 0.25) is 5.95 Å². The van der Waals surface area contributed by atoms with Crippen LogP contribution in [0.25, 0.3) is 0 Å². The van der Waals surface area contributed by atoms with E-state index in [4.69, 9.17) is 4.74 Å². The van der Waals surface area contributed by atoms with Gasteiger partial charge in [-0.15, -0.1) is 0 Å². The molecule has 0 spiro atoms. The van der Waals surface area contributed by atoms with Crippen LogP contribution >= 0.6 is 0 Å². The van der Waals surface area contributed by atoms with Gasteiger partial charge < -0.3 is 15.4 Å². The molecular weight excluding hydrogens is 393 g/mol. The molecule has 8 heteroatoms. The third kappa shape index (κ3) is 5.62. The van der Waals surface area contributed by atoms with Gasteiger partial charge in [-0.1, -0.05) is 19.1 Å². The van der Waals surface area contributed by atoms with E-state index >= 15 is 0 Å². The molecule has 0 amide bonds. The molecule has 0 aliphatic heterocycles. The number of alkyl halides is 3. The Morgan fingerprint density at radius 2 is 1.77 bits per heavy atom. The van der Waals surface area contributed by atoms with Gasteiger partial charge in [-0.2, -0.15) is 18.2 Å². The average Bonchev–Trinajstić information content (AvgIpc) is 2.68. The van der Waals surface area contributed by atoms with Crippen molar-refractivity contribution in [2.24, 2.45) is 0 Å². The van der Waals surface area contributed by atoms with E-state index in [1.165, 1.54) is 0 Å². The van der Waals surface area contributed by atoms with Crippen LogP contribution in [0.3, 0.4) is 0 Å². The summed E-state index contributed by atoms with van der Waals surface area (Å²) in [4.78, 5) is 7.89. The number of ether oxygens (including phenoxy) is 1. The summed E-state index contributed by atoms with van der Waals surface area (Å²) in [7, 11) is 0. The van der Waals surface area contributed by atoms with Gasteiger partial charge in [-0.25, -0.2) is 4.98 Å². The second-order valence-electron chi connectivity index (χ2n) is 6.93. The number of nitrogens with one attached hydrogen (secondary N) is 2. The van der Waals surface area contributed by atoms with E-state index in [1.807, 2.05) is 39.0 Å². The SMILES string of the molecule is CCC(C)Oc1ccc(Nc2nc(Nc3cccc(C)c3)ncc2C(F)(F)F)cc1. The molecule has 2 aromatic carbocycles. The standard InChI is InChI=1S/C22H23F3N4O/c1-4-15(3)30-18-10-8-16(9-11-18)27-20-19(22(23,24)25)13-26-21(29-20)28-17-7-5-6-14(2)12-17/h5-13,15H,4H2,1-3H3,(H2,26,27,28,29). The highest BCUT2D eigenvalue weighted by Crippen LogP contribution is 2.35. The number of benzene rings is 2. The Labute approximate surface area is 173 Å². The number of rotatable bonds is 7. The maximum atomic E-state index is 13.4. The Hall–Kier alpha value is -3.29. The monoisotopic (exact) mass is 416 g/mol. The fraction of sp³-hybridized carbons (Fsp3) is 0.273. The Morgan fingerprint density at radius 3 is 2.40 bits per heavy atom. The first kappa shape index (κ1) is 21.4. The van der Waals surface area contributed by atoms with Crippen molar-refractivity contribution in [3.8, 4) is 5.75 Å². The Kier molecular flexibility index (Phi) is 6.44. The van der Waals surface area contributed by atoms with Gasteiger partial charge in [0.05, 0.1) is 6.10 Å². The number of aromatic nitrogens is 2. The molecule has 1 aromatic heterocycles. The lowest BCUT2D eigenvalue weighted by Gasteiger charge is -2.16. The van der Waals surface area contributed by atoms with Crippen LogP contribution in [0.15, 0.2) is 54.7 Å². The summed E-state index contributed by atoms with van der Waals surface area (Å²) in [6.07, 6.45) is -2.91. The van der Waals surface area contributed by atoms with E-state index in [1.54, 1.807) is 30.3 Å².